The van der Waals surface area contributed by atoms with Gasteiger partial charge in [0.15, 0.2) is 0 Å². The van der Waals surface area contributed by atoms with Crippen LogP contribution >= 0.6 is 0 Å². The molecule has 0 saturated carbocycles. The van der Waals surface area contributed by atoms with Gasteiger partial charge in [0, 0.05) is 19.9 Å². The first-order chi connectivity index (χ1) is 6.93. The molecule has 5 nitrogen and oxygen atoms in total. The summed E-state index contributed by atoms with van der Waals surface area (Å²) in [6.45, 7) is 8.03. The van der Waals surface area contributed by atoms with Crippen LogP contribution in [0.2, 0.25) is 0 Å². The molecule has 0 atom stereocenters. The van der Waals surface area contributed by atoms with Gasteiger partial charge in [-0.3, -0.25) is 9.59 Å². The molecule has 0 aromatic carbocycles. The molecule has 0 aromatic heterocycles. The molecule has 0 aliphatic heterocycles. The van der Waals surface area contributed by atoms with E-state index in [0.29, 0.717) is 6.61 Å². The van der Waals surface area contributed by atoms with Crippen molar-refractivity contribution in [3.63, 3.8) is 0 Å². The molecule has 0 N–H and O–H groups in total. The van der Waals surface area contributed by atoms with Crippen molar-refractivity contribution in [2.45, 2.75) is 27.2 Å². The summed E-state index contributed by atoms with van der Waals surface area (Å²) in [6, 6.07) is 0. The van der Waals surface area contributed by atoms with Crippen molar-refractivity contribution in [3.8, 4) is 0 Å². The van der Waals surface area contributed by atoms with E-state index in [0.717, 1.165) is 12.5 Å². The van der Waals surface area contributed by atoms with Gasteiger partial charge in [-0.2, -0.15) is 0 Å². The Bertz CT molecular complexity index is 220. The van der Waals surface area contributed by atoms with Gasteiger partial charge in [-0.1, -0.05) is 13.5 Å². The van der Waals surface area contributed by atoms with Crippen molar-refractivity contribution in [2.24, 2.45) is 0 Å². The van der Waals surface area contributed by atoms with Gasteiger partial charge in [-0.05, 0) is 6.42 Å². The Morgan fingerprint density at radius 1 is 1.20 bits per heavy atom. The molecule has 0 spiro atoms. The smallest absolute Gasteiger partial charge is 0.330 e. The standard InChI is InChI=1S/C6H10O2.C4H6O3/c1-3-5-8-6(7)4-2;1-3(5)7-4(2)6/h4H,2-3,5H2,1H3;1-2H3. The molecule has 0 aliphatic carbocycles. The van der Waals surface area contributed by atoms with Crippen LogP contribution in [0.3, 0.4) is 0 Å². The Kier molecular flexibility index (Phi) is 11.0. The average molecular weight is 216 g/mol. The van der Waals surface area contributed by atoms with Crippen LogP contribution in [-0.2, 0) is 23.9 Å². The summed E-state index contributed by atoms with van der Waals surface area (Å²) < 4.78 is 8.56. The van der Waals surface area contributed by atoms with Crippen molar-refractivity contribution in [2.75, 3.05) is 6.61 Å². The van der Waals surface area contributed by atoms with Crippen LogP contribution in [-0.4, -0.2) is 24.5 Å². The van der Waals surface area contributed by atoms with Crippen molar-refractivity contribution >= 4 is 17.9 Å². The molecule has 0 heterocycles. The topological polar surface area (TPSA) is 69.7 Å². The van der Waals surface area contributed by atoms with Crippen molar-refractivity contribution in [3.05, 3.63) is 12.7 Å². The number of carbonyl (C=O) groups excluding carboxylic acids is 3. The Morgan fingerprint density at radius 3 is 1.87 bits per heavy atom. The van der Waals surface area contributed by atoms with Crippen LogP contribution in [0.4, 0.5) is 0 Å². The second kappa shape index (κ2) is 10.4. The van der Waals surface area contributed by atoms with Crippen LogP contribution in [0, 0.1) is 0 Å². The summed E-state index contributed by atoms with van der Waals surface area (Å²) in [7, 11) is 0. The van der Waals surface area contributed by atoms with E-state index in [1.165, 1.54) is 13.8 Å². The van der Waals surface area contributed by atoms with Crippen molar-refractivity contribution in [1.82, 2.24) is 0 Å². The van der Waals surface area contributed by atoms with Crippen molar-refractivity contribution < 1.29 is 23.9 Å². The minimum absolute atomic E-state index is 0.341. The molecule has 0 aromatic rings. The molecule has 0 aliphatic rings. The zero-order chi connectivity index (χ0) is 12.3. The van der Waals surface area contributed by atoms with E-state index < -0.39 is 11.9 Å². The Labute approximate surface area is 89.1 Å². The first-order valence-electron chi connectivity index (χ1n) is 4.42. The van der Waals surface area contributed by atoms with E-state index in [2.05, 4.69) is 16.1 Å². The number of hydrogen-bond acceptors (Lipinski definition) is 5. The first kappa shape index (κ1) is 15.8. The normalized spacial score (nSPS) is 7.93. The monoisotopic (exact) mass is 216 g/mol. The summed E-state index contributed by atoms with van der Waals surface area (Å²) in [5, 5.41) is 0. The quantitative estimate of drug-likeness (QED) is 0.403. The summed E-state index contributed by atoms with van der Waals surface area (Å²) in [5.41, 5.74) is 0. The number of rotatable bonds is 3. The highest BCUT2D eigenvalue weighted by molar-refractivity contribution is 5.82. The number of hydrogen-bond donors (Lipinski definition) is 0. The fourth-order valence-electron chi connectivity index (χ4n) is 0.464. The van der Waals surface area contributed by atoms with Gasteiger partial charge in [0.2, 0.25) is 0 Å². The van der Waals surface area contributed by atoms with E-state index in [4.69, 9.17) is 0 Å². The zero-order valence-corrected chi connectivity index (χ0v) is 9.24. The minimum atomic E-state index is -0.562. The Hall–Kier alpha value is -1.65. The fraction of sp³-hybridized carbons (Fsp3) is 0.500. The summed E-state index contributed by atoms with van der Waals surface area (Å²) >= 11 is 0. The van der Waals surface area contributed by atoms with Gasteiger partial charge >= 0.3 is 17.9 Å². The third-order valence-electron chi connectivity index (χ3n) is 0.903. The lowest BCUT2D eigenvalue weighted by molar-refractivity contribution is -0.156. The molecule has 15 heavy (non-hydrogen) atoms. The molecule has 0 bridgehead atoms. The summed E-state index contributed by atoms with van der Waals surface area (Å²) in [5.74, 6) is -1.47. The van der Waals surface area contributed by atoms with E-state index >= 15 is 0 Å². The fourth-order valence-corrected chi connectivity index (χ4v) is 0.464. The SMILES string of the molecule is C=CC(=O)OCCC.CC(=O)OC(C)=O. The lowest BCUT2D eigenvalue weighted by Gasteiger charge is -1.94. The first-order valence-corrected chi connectivity index (χ1v) is 4.42. The lowest BCUT2D eigenvalue weighted by atomic mass is 10.5. The van der Waals surface area contributed by atoms with Gasteiger partial charge in [-0.15, -0.1) is 0 Å². The van der Waals surface area contributed by atoms with Crippen LogP contribution in [0.25, 0.3) is 0 Å². The molecule has 0 unspecified atom stereocenters. The van der Waals surface area contributed by atoms with Gasteiger partial charge < -0.3 is 9.47 Å². The van der Waals surface area contributed by atoms with E-state index in [1.807, 2.05) is 6.92 Å². The van der Waals surface area contributed by atoms with Crippen LogP contribution in [0.15, 0.2) is 12.7 Å². The van der Waals surface area contributed by atoms with Crippen LogP contribution in [0.1, 0.15) is 27.2 Å². The van der Waals surface area contributed by atoms with E-state index in [9.17, 15) is 14.4 Å². The van der Waals surface area contributed by atoms with Gasteiger partial charge in [0.25, 0.3) is 0 Å². The molecule has 0 saturated heterocycles. The lowest BCUT2D eigenvalue weighted by Crippen LogP contribution is -2.03. The predicted octanol–water partition coefficient (Wildman–Crippen LogP) is 1.22. The Balaban J connectivity index is 0. The molecule has 86 valence electrons. The average Bonchev–Trinajstić information content (AvgIpc) is 2.12. The Morgan fingerprint density at radius 2 is 1.67 bits per heavy atom. The van der Waals surface area contributed by atoms with E-state index in [1.54, 1.807) is 0 Å². The molecule has 0 amide bonds. The largest absolute Gasteiger partial charge is 0.463 e. The van der Waals surface area contributed by atoms with Gasteiger partial charge in [0.05, 0.1) is 6.61 Å². The van der Waals surface area contributed by atoms with Crippen LogP contribution in [0.5, 0.6) is 0 Å². The maximum atomic E-state index is 10.2. The second-order valence-electron chi connectivity index (χ2n) is 2.46. The van der Waals surface area contributed by atoms with E-state index in [-0.39, 0.29) is 5.97 Å². The van der Waals surface area contributed by atoms with Gasteiger partial charge in [0.1, 0.15) is 0 Å². The number of esters is 3. The number of carbonyl (C=O) groups is 3. The number of ether oxygens (including phenoxy) is 2. The summed E-state index contributed by atoms with van der Waals surface area (Å²) in [4.78, 5) is 29.9. The van der Waals surface area contributed by atoms with Crippen molar-refractivity contribution in [1.29, 1.82) is 0 Å². The molecular weight excluding hydrogens is 200 g/mol. The predicted molar refractivity (Wildman–Crippen MR) is 53.9 cm³/mol. The maximum Gasteiger partial charge on any atom is 0.330 e. The molecule has 0 radical (unpaired) electrons. The highest BCUT2D eigenvalue weighted by Crippen LogP contribution is 1.81. The molecule has 5 heteroatoms. The molecule has 0 fully saturated rings. The highest BCUT2D eigenvalue weighted by atomic mass is 16.6. The molecular formula is C10H16O5. The van der Waals surface area contributed by atoms with Crippen LogP contribution < -0.4 is 0 Å². The van der Waals surface area contributed by atoms with Gasteiger partial charge in [-0.25, -0.2) is 4.79 Å². The maximum absolute atomic E-state index is 10.2. The molecule has 0 rings (SSSR count). The second-order valence-corrected chi connectivity index (χ2v) is 2.46. The highest BCUT2D eigenvalue weighted by Gasteiger charge is 1.93. The summed E-state index contributed by atoms with van der Waals surface area (Å²) in [6.07, 6.45) is 2.02. The third-order valence-corrected chi connectivity index (χ3v) is 0.903. The minimum Gasteiger partial charge on any atom is -0.463 e. The third kappa shape index (κ3) is 19.0. The zero-order valence-electron chi connectivity index (χ0n) is 9.24.